The van der Waals surface area contributed by atoms with Crippen molar-refractivity contribution < 1.29 is 9.21 Å². The van der Waals surface area contributed by atoms with Crippen LogP contribution in [0.1, 0.15) is 12.5 Å². The molecule has 0 saturated carbocycles. The first kappa shape index (κ1) is 17.8. The van der Waals surface area contributed by atoms with E-state index in [4.69, 9.17) is 16.0 Å². The number of thioether (sulfide) groups is 1. The van der Waals surface area contributed by atoms with E-state index >= 15 is 0 Å². The lowest BCUT2D eigenvalue weighted by atomic mass is 10.2. The van der Waals surface area contributed by atoms with Gasteiger partial charge in [0.15, 0.2) is 5.58 Å². The third-order valence-corrected chi connectivity index (χ3v) is 5.56. The van der Waals surface area contributed by atoms with Gasteiger partial charge in [0.1, 0.15) is 22.5 Å². The van der Waals surface area contributed by atoms with Crippen molar-refractivity contribution in [3.05, 3.63) is 59.4 Å². The van der Waals surface area contributed by atoms with Gasteiger partial charge in [-0.05, 0) is 43.7 Å². The Hall–Kier alpha value is -2.57. The zero-order valence-electron chi connectivity index (χ0n) is 14.7. The van der Waals surface area contributed by atoms with Crippen LogP contribution in [0.4, 0.5) is 5.69 Å². The highest BCUT2D eigenvalue weighted by Gasteiger charge is 2.20. The largest absolute Gasteiger partial charge is 0.451 e. The number of anilines is 1. The number of benzene rings is 2. The molecule has 27 heavy (non-hydrogen) atoms. The van der Waals surface area contributed by atoms with E-state index in [-0.39, 0.29) is 11.2 Å². The summed E-state index contributed by atoms with van der Waals surface area (Å²) in [7, 11) is 0. The number of para-hydroxylation sites is 1. The summed E-state index contributed by atoms with van der Waals surface area (Å²) in [5.74, 6) is -0.131. The van der Waals surface area contributed by atoms with Crippen molar-refractivity contribution >= 4 is 57.0 Å². The molecule has 0 fully saturated rings. The first-order chi connectivity index (χ1) is 13.0. The topological polar surface area (TPSA) is 68.0 Å². The predicted octanol–water partition coefficient (Wildman–Crippen LogP) is 5.46. The van der Waals surface area contributed by atoms with Crippen LogP contribution < -0.4 is 5.32 Å². The maximum absolute atomic E-state index is 12.6. The molecular formula is C20H16ClN3O2S. The highest BCUT2D eigenvalue weighted by atomic mass is 35.5. The van der Waals surface area contributed by atoms with E-state index in [1.165, 1.54) is 18.1 Å². The Morgan fingerprint density at radius 1 is 1.22 bits per heavy atom. The quantitative estimate of drug-likeness (QED) is 0.366. The molecule has 4 rings (SSSR count). The number of halogens is 1. The number of carbonyl (C=O) groups excluding carboxylic acids is 1. The third-order valence-electron chi connectivity index (χ3n) is 4.24. The van der Waals surface area contributed by atoms with Gasteiger partial charge >= 0.3 is 0 Å². The Morgan fingerprint density at radius 2 is 2.04 bits per heavy atom. The van der Waals surface area contributed by atoms with E-state index in [9.17, 15) is 4.79 Å². The van der Waals surface area contributed by atoms with Gasteiger partial charge in [0, 0.05) is 16.1 Å². The fourth-order valence-electron chi connectivity index (χ4n) is 2.77. The molecule has 4 aromatic rings. The van der Waals surface area contributed by atoms with Crippen LogP contribution in [-0.2, 0) is 4.79 Å². The number of aromatic nitrogens is 2. The molecule has 136 valence electrons. The SMILES string of the molecule is Cc1ccc(Cl)cc1NC(=O)[C@@H](C)Sc1ncnc2c1oc1ccccc12. The minimum Gasteiger partial charge on any atom is -0.451 e. The van der Waals surface area contributed by atoms with Crippen molar-refractivity contribution in [3.8, 4) is 0 Å². The summed E-state index contributed by atoms with van der Waals surface area (Å²) in [6.45, 7) is 3.75. The van der Waals surface area contributed by atoms with Crippen LogP contribution in [-0.4, -0.2) is 21.1 Å². The van der Waals surface area contributed by atoms with Gasteiger partial charge in [-0.2, -0.15) is 0 Å². The molecule has 7 heteroatoms. The highest BCUT2D eigenvalue weighted by molar-refractivity contribution is 8.00. The summed E-state index contributed by atoms with van der Waals surface area (Å²) < 4.78 is 5.92. The Kier molecular flexibility index (Phi) is 4.76. The molecule has 0 aliphatic rings. The van der Waals surface area contributed by atoms with E-state index in [2.05, 4.69) is 15.3 Å². The van der Waals surface area contributed by atoms with Crippen molar-refractivity contribution in [2.45, 2.75) is 24.1 Å². The minimum atomic E-state index is -0.380. The van der Waals surface area contributed by atoms with Crippen LogP contribution in [0.25, 0.3) is 22.1 Å². The van der Waals surface area contributed by atoms with Crippen molar-refractivity contribution in [3.63, 3.8) is 0 Å². The lowest BCUT2D eigenvalue weighted by Gasteiger charge is -2.13. The second-order valence-corrected chi connectivity index (χ2v) is 7.93. The molecule has 2 heterocycles. The fraction of sp³-hybridized carbons (Fsp3) is 0.150. The van der Waals surface area contributed by atoms with Gasteiger partial charge in [0.05, 0.1) is 5.25 Å². The van der Waals surface area contributed by atoms with Crippen molar-refractivity contribution in [1.82, 2.24) is 9.97 Å². The van der Waals surface area contributed by atoms with Gasteiger partial charge in [-0.25, -0.2) is 9.97 Å². The smallest absolute Gasteiger partial charge is 0.237 e. The highest BCUT2D eigenvalue weighted by Crippen LogP contribution is 2.34. The van der Waals surface area contributed by atoms with Gasteiger partial charge in [-0.1, -0.05) is 41.6 Å². The Labute approximate surface area is 165 Å². The summed E-state index contributed by atoms with van der Waals surface area (Å²) in [5, 5.41) is 4.70. The Bertz CT molecular complexity index is 1160. The monoisotopic (exact) mass is 397 g/mol. The number of aryl methyl sites for hydroxylation is 1. The summed E-state index contributed by atoms with van der Waals surface area (Å²) in [6.07, 6.45) is 1.50. The second-order valence-electron chi connectivity index (χ2n) is 6.16. The van der Waals surface area contributed by atoms with E-state index in [1.807, 2.05) is 44.2 Å². The van der Waals surface area contributed by atoms with E-state index < -0.39 is 0 Å². The number of amides is 1. The first-order valence-electron chi connectivity index (χ1n) is 8.39. The number of furan rings is 1. The summed E-state index contributed by atoms with van der Waals surface area (Å²) >= 11 is 7.36. The van der Waals surface area contributed by atoms with Crippen LogP contribution in [0.5, 0.6) is 0 Å². The molecular weight excluding hydrogens is 382 g/mol. The molecule has 0 saturated heterocycles. The Balaban J connectivity index is 1.60. The molecule has 2 aromatic carbocycles. The third kappa shape index (κ3) is 3.50. The standard InChI is InChI=1S/C20H16ClN3O2S/c1-11-7-8-13(21)9-15(11)24-19(25)12(2)27-20-18-17(22-10-23-20)14-5-3-4-6-16(14)26-18/h3-10,12H,1-2H3,(H,24,25)/t12-/m1/s1. The van der Waals surface area contributed by atoms with Crippen molar-refractivity contribution in [1.29, 1.82) is 0 Å². The lowest BCUT2D eigenvalue weighted by molar-refractivity contribution is -0.115. The minimum absolute atomic E-state index is 0.131. The molecule has 1 amide bonds. The molecule has 2 aromatic heterocycles. The number of rotatable bonds is 4. The summed E-state index contributed by atoms with van der Waals surface area (Å²) in [6, 6.07) is 13.1. The normalized spacial score (nSPS) is 12.4. The number of nitrogens with zero attached hydrogens (tertiary/aromatic N) is 2. The van der Waals surface area contributed by atoms with Crippen LogP contribution in [0, 0.1) is 6.92 Å². The van der Waals surface area contributed by atoms with Crippen LogP contribution in [0.15, 0.2) is 58.2 Å². The lowest BCUT2D eigenvalue weighted by Crippen LogP contribution is -2.23. The number of carbonyl (C=O) groups is 1. The number of hydrogen-bond acceptors (Lipinski definition) is 5. The molecule has 0 aliphatic carbocycles. The van der Waals surface area contributed by atoms with Gasteiger partial charge in [0.2, 0.25) is 5.91 Å². The molecule has 5 nitrogen and oxygen atoms in total. The van der Waals surface area contributed by atoms with Crippen molar-refractivity contribution in [2.24, 2.45) is 0 Å². The number of hydrogen-bond donors (Lipinski definition) is 1. The summed E-state index contributed by atoms with van der Waals surface area (Å²) in [4.78, 5) is 21.3. The first-order valence-corrected chi connectivity index (χ1v) is 9.64. The zero-order chi connectivity index (χ0) is 19.0. The van der Waals surface area contributed by atoms with E-state index in [0.29, 0.717) is 21.3 Å². The maximum atomic E-state index is 12.6. The second kappa shape index (κ2) is 7.21. The van der Waals surface area contributed by atoms with Crippen LogP contribution in [0.2, 0.25) is 5.02 Å². The van der Waals surface area contributed by atoms with Gasteiger partial charge in [0.25, 0.3) is 0 Å². The molecule has 0 unspecified atom stereocenters. The van der Waals surface area contributed by atoms with E-state index in [0.717, 1.165) is 22.0 Å². The molecule has 0 aliphatic heterocycles. The number of nitrogens with one attached hydrogen (secondary N) is 1. The van der Waals surface area contributed by atoms with E-state index in [1.54, 1.807) is 12.1 Å². The van der Waals surface area contributed by atoms with Gasteiger partial charge in [-0.3, -0.25) is 4.79 Å². The average molecular weight is 398 g/mol. The molecule has 1 atom stereocenters. The number of fused-ring (bicyclic) bond motifs is 3. The zero-order valence-corrected chi connectivity index (χ0v) is 16.3. The van der Waals surface area contributed by atoms with Crippen molar-refractivity contribution in [2.75, 3.05) is 5.32 Å². The fourth-order valence-corrected chi connectivity index (χ4v) is 3.80. The van der Waals surface area contributed by atoms with Crippen LogP contribution >= 0.6 is 23.4 Å². The maximum Gasteiger partial charge on any atom is 0.237 e. The molecule has 1 N–H and O–H groups in total. The summed E-state index contributed by atoms with van der Waals surface area (Å²) in [5.41, 5.74) is 3.76. The van der Waals surface area contributed by atoms with Gasteiger partial charge in [-0.15, -0.1) is 0 Å². The average Bonchev–Trinajstić information content (AvgIpc) is 3.04. The molecule has 0 bridgehead atoms. The van der Waals surface area contributed by atoms with Crippen LogP contribution in [0.3, 0.4) is 0 Å². The van der Waals surface area contributed by atoms with Gasteiger partial charge < -0.3 is 9.73 Å². The molecule has 0 radical (unpaired) electrons. The predicted molar refractivity (Wildman–Crippen MR) is 109 cm³/mol. The molecule has 0 spiro atoms. The Morgan fingerprint density at radius 3 is 2.89 bits per heavy atom.